The summed E-state index contributed by atoms with van der Waals surface area (Å²) in [6, 6.07) is 8.16. The lowest BCUT2D eigenvalue weighted by molar-refractivity contribution is 0.904. The van der Waals surface area contributed by atoms with E-state index in [0.717, 1.165) is 29.9 Å². The third kappa shape index (κ3) is 2.99. The van der Waals surface area contributed by atoms with Crippen LogP contribution in [0.25, 0.3) is 0 Å². The standard InChI is InChI=1S/C14H16ClN3/c1-3-5-12-13(15)16-9-17-14(12)18-11-7-4-6-10(2)8-11/h4,6-9H,3,5H2,1-2H3,(H,16,17,18). The maximum Gasteiger partial charge on any atom is 0.138 e. The summed E-state index contributed by atoms with van der Waals surface area (Å²) in [4.78, 5) is 8.31. The number of benzene rings is 1. The number of halogens is 1. The fraction of sp³-hybridized carbons (Fsp3) is 0.286. The monoisotopic (exact) mass is 261 g/mol. The predicted molar refractivity (Wildman–Crippen MR) is 75.5 cm³/mol. The van der Waals surface area contributed by atoms with Crippen LogP contribution in [0.4, 0.5) is 11.5 Å². The molecule has 1 aromatic carbocycles. The average Bonchev–Trinajstić information content (AvgIpc) is 2.34. The third-order valence-corrected chi connectivity index (χ3v) is 3.00. The van der Waals surface area contributed by atoms with Gasteiger partial charge in [-0.25, -0.2) is 9.97 Å². The fourth-order valence-electron chi connectivity index (χ4n) is 1.83. The first kappa shape index (κ1) is 12.8. The quantitative estimate of drug-likeness (QED) is 0.841. The van der Waals surface area contributed by atoms with E-state index in [1.54, 1.807) is 0 Å². The molecule has 1 N–H and O–H groups in total. The van der Waals surface area contributed by atoms with Gasteiger partial charge in [-0.1, -0.05) is 37.1 Å². The number of aryl methyl sites for hydroxylation is 1. The van der Waals surface area contributed by atoms with Crippen molar-refractivity contribution in [2.24, 2.45) is 0 Å². The molecule has 2 aromatic rings. The van der Waals surface area contributed by atoms with Gasteiger partial charge in [-0.05, 0) is 31.0 Å². The van der Waals surface area contributed by atoms with Crippen LogP contribution in [0.15, 0.2) is 30.6 Å². The highest BCUT2D eigenvalue weighted by Gasteiger charge is 2.09. The molecule has 0 bridgehead atoms. The molecule has 0 saturated carbocycles. The first-order valence-corrected chi connectivity index (χ1v) is 6.41. The summed E-state index contributed by atoms with van der Waals surface area (Å²) in [7, 11) is 0. The van der Waals surface area contributed by atoms with Gasteiger partial charge in [0.1, 0.15) is 17.3 Å². The van der Waals surface area contributed by atoms with Gasteiger partial charge in [0.25, 0.3) is 0 Å². The van der Waals surface area contributed by atoms with Crippen molar-refractivity contribution in [3.63, 3.8) is 0 Å². The molecule has 0 spiro atoms. The Morgan fingerprint density at radius 2 is 2.11 bits per heavy atom. The third-order valence-electron chi connectivity index (χ3n) is 2.67. The van der Waals surface area contributed by atoms with E-state index in [2.05, 4.69) is 41.3 Å². The zero-order chi connectivity index (χ0) is 13.0. The van der Waals surface area contributed by atoms with Crippen LogP contribution in [0.2, 0.25) is 5.15 Å². The summed E-state index contributed by atoms with van der Waals surface area (Å²) in [5, 5.41) is 3.83. The summed E-state index contributed by atoms with van der Waals surface area (Å²) in [6.07, 6.45) is 3.36. The van der Waals surface area contributed by atoms with Crippen molar-refractivity contribution in [2.45, 2.75) is 26.7 Å². The van der Waals surface area contributed by atoms with E-state index in [1.165, 1.54) is 11.9 Å². The van der Waals surface area contributed by atoms with Crippen molar-refractivity contribution < 1.29 is 0 Å². The Bertz CT molecular complexity index is 540. The molecule has 94 valence electrons. The smallest absolute Gasteiger partial charge is 0.138 e. The predicted octanol–water partition coefficient (Wildman–Crippen LogP) is 4.13. The molecular weight excluding hydrogens is 246 g/mol. The minimum atomic E-state index is 0.530. The first-order chi connectivity index (χ1) is 8.70. The van der Waals surface area contributed by atoms with Crippen LogP contribution in [0, 0.1) is 6.92 Å². The maximum atomic E-state index is 6.11. The highest BCUT2D eigenvalue weighted by Crippen LogP contribution is 2.24. The largest absolute Gasteiger partial charge is 0.340 e. The van der Waals surface area contributed by atoms with Crippen LogP contribution in [-0.4, -0.2) is 9.97 Å². The molecule has 18 heavy (non-hydrogen) atoms. The van der Waals surface area contributed by atoms with Crippen molar-refractivity contribution in [1.29, 1.82) is 0 Å². The number of nitrogens with one attached hydrogen (secondary N) is 1. The van der Waals surface area contributed by atoms with Crippen molar-refractivity contribution >= 4 is 23.1 Å². The molecular formula is C14H16ClN3. The second-order valence-corrected chi connectivity index (χ2v) is 4.59. The zero-order valence-electron chi connectivity index (χ0n) is 10.6. The van der Waals surface area contributed by atoms with E-state index in [9.17, 15) is 0 Å². The van der Waals surface area contributed by atoms with E-state index in [4.69, 9.17) is 11.6 Å². The molecule has 0 fully saturated rings. The SMILES string of the molecule is CCCc1c(Cl)ncnc1Nc1cccc(C)c1. The lowest BCUT2D eigenvalue weighted by Gasteiger charge is -2.11. The number of rotatable bonds is 4. The molecule has 0 unspecified atom stereocenters. The van der Waals surface area contributed by atoms with Gasteiger partial charge in [0.2, 0.25) is 0 Å². The Balaban J connectivity index is 2.31. The summed E-state index contributed by atoms with van der Waals surface area (Å²) in [5.74, 6) is 0.794. The molecule has 2 rings (SSSR count). The van der Waals surface area contributed by atoms with Crippen molar-refractivity contribution in [2.75, 3.05) is 5.32 Å². The Morgan fingerprint density at radius 3 is 2.83 bits per heavy atom. The van der Waals surface area contributed by atoms with Gasteiger partial charge in [-0.2, -0.15) is 0 Å². The van der Waals surface area contributed by atoms with E-state index in [0.29, 0.717) is 5.15 Å². The van der Waals surface area contributed by atoms with Gasteiger partial charge in [-0.3, -0.25) is 0 Å². The Morgan fingerprint density at radius 1 is 1.28 bits per heavy atom. The second-order valence-electron chi connectivity index (χ2n) is 4.24. The highest BCUT2D eigenvalue weighted by atomic mass is 35.5. The van der Waals surface area contributed by atoms with Gasteiger partial charge in [0, 0.05) is 11.3 Å². The van der Waals surface area contributed by atoms with Crippen LogP contribution < -0.4 is 5.32 Å². The van der Waals surface area contributed by atoms with Gasteiger partial charge < -0.3 is 5.32 Å². The molecule has 0 radical (unpaired) electrons. The van der Waals surface area contributed by atoms with Crippen LogP contribution in [0.3, 0.4) is 0 Å². The zero-order valence-corrected chi connectivity index (χ0v) is 11.3. The molecule has 0 saturated heterocycles. The topological polar surface area (TPSA) is 37.8 Å². The van der Waals surface area contributed by atoms with Crippen LogP contribution in [-0.2, 0) is 6.42 Å². The first-order valence-electron chi connectivity index (χ1n) is 6.03. The number of hydrogen-bond donors (Lipinski definition) is 1. The molecule has 0 aliphatic rings. The van der Waals surface area contributed by atoms with Crippen LogP contribution in [0.1, 0.15) is 24.5 Å². The van der Waals surface area contributed by atoms with Gasteiger partial charge >= 0.3 is 0 Å². The molecule has 1 aromatic heterocycles. The summed E-state index contributed by atoms with van der Waals surface area (Å²) < 4.78 is 0. The van der Waals surface area contributed by atoms with Crippen LogP contribution >= 0.6 is 11.6 Å². The minimum Gasteiger partial charge on any atom is -0.340 e. The summed E-state index contributed by atoms with van der Waals surface area (Å²) in [5.41, 5.74) is 3.20. The number of anilines is 2. The number of hydrogen-bond acceptors (Lipinski definition) is 3. The summed E-state index contributed by atoms with van der Waals surface area (Å²) in [6.45, 7) is 4.17. The van der Waals surface area contributed by atoms with E-state index in [-0.39, 0.29) is 0 Å². The number of nitrogens with zero attached hydrogens (tertiary/aromatic N) is 2. The average molecular weight is 262 g/mol. The van der Waals surface area contributed by atoms with Gasteiger partial charge in [-0.15, -0.1) is 0 Å². The molecule has 0 aliphatic heterocycles. The molecule has 4 heteroatoms. The Labute approximate surface area is 112 Å². The highest BCUT2D eigenvalue weighted by molar-refractivity contribution is 6.30. The Kier molecular flexibility index (Phi) is 4.15. The molecule has 1 heterocycles. The van der Waals surface area contributed by atoms with E-state index in [1.807, 2.05) is 12.1 Å². The van der Waals surface area contributed by atoms with E-state index < -0.39 is 0 Å². The van der Waals surface area contributed by atoms with Gasteiger partial charge in [0.05, 0.1) is 0 Å². The Hall–Kier alpha value is -1.61. The lowest BCUT2D eigenvalue weighted by Crippen LogP contribution is -2.01. The normalized spacial score (nSPS) is 10.4. The second kappa shape index (κ2) is 5.83. The fourth-order valence-corrected chi connectivity index (χ4v) is 2.06. The van der Waals surface area contributed by atoms with E-state index >= 15 is 0 Å². The van der Waals surface area contributed by atoms with Crippen molar-refractivity contribution in [1.82, 2.24) is 9.97 Å². The molecule has 0 atom stereocenters. The molecule has 3 nitrogen and oxygen atoms in total. The van der Waals surface area contributed by atoms with Crippen LogP contribution in [0.5, 0.6) is 0 Å². The molecule has 0 aliphatic carbocycles. The molecule has 0 amide bonds. The lowest BCUT2D eigenvalue weighted by atomic mass is 10.1. The number of aromatic nitrogens is 2. The van der Waals surface area contributed by atoms with Gasteiger partial charge in [0.15, 0.2) is 0 Å². The maximum absolute atomic E-state index is 6.11. The van der Waals surface area contributed by atoms with Crippen molar-refractivity contribution in [3.05, 3.63) is 46.9 Å². The summed E-state index contributed by atoms with van der Waals surface area (Å²) >= 11 is 6.11. The minimum absolute atomic E-state index is 0.530. The van der Waals surface area contributed by atoms with Crippen molar-refractivity contribution in [3.8, 4) is 0 Å².